The maximum Gasteiger partial charge on any atom is 0.260 e. The van der Waals surface area contributed by atoms with Gasteiger partial charge in [-0.15, -0.1) is 0 Å². The zero-order valence-electron chi connectivity index (χ0n) is 18.7. The number of rotatable bonds is 8. The van der Waals surface area contributed by atoms with Crippen molar-refractivity contribution in [2.45, 2.75) is 32.8 Å². The average molecular weight is 429 g/mol. The summed E-state index contributed by atoms with van der Waals surface area (Å²) >= 11 is 0. The van der Waals surface area contributed by atoms with E-state index in [0.29, 0.717) is 12.4 Å². The van der Waals surface area contributed by atoms with Gasteiger partial charge in [-0.25, -0.2) is 0 Å². The molecule has 0 radical (unpaired) electrons. The summed E-state index contributed by atoms with van der Waals surface area (Å²) in [5.74, 6) is 0.258. The molecule has 6 heteroatoms. The van der Waals surface area contributed by atoms with Crippen LogP contribution in [0.2, 0.25) is 0 Å². The summed E-state index contributed by atoms with van der Waals surface area (Å²) in [6.45, 7) is 4.32. The summed E-state index contributed by atoms with van der Waals surface area (Å²) < 4.78 is 7.71. The highest BCUT2D eigenvalue weighted by molar-refractivity contribution is 5.95. The maximum absolute atomic E-state index is 12.6. The number of benzene rings is 2. The van der Waals surface area contributed by atoms with Gasteiger partial charge in [0, 0.05) is 19.7 Å². The zero-order valence-corrected chi connectivity index (χ0v) is 18.7. The van der Waals surface area contributed by atoms with Gasteiger partial charge in [0.2, 0.25) is 5.88 Å². The molecule has 1 N–H and O–H groups in total. The molecule has 0 saturated heterocycles. The van der Waals surface area contributed by atoms with Crippen molar-refractivity contribution in [2.75, 3.05) is 6.54 Å². The third-order valence-corrected chi connectivity index (χ3v) is 5.48. The fourth-order valence-corrected chi connectivity index (χ4v) is 3.85. The van der Waals surface area contributed by atoms with Gasteiger partial charge in [0.1, 0.15) is 0 Å². The van der Waals surface area contributed by atoms with E-state index < -0.39 is 6.10 Å². The lowest BCUT2D eigenvalue weighted by molar-refractivity contribution is -0.127. The van der Waals surface area contributed by atoms with E-state index in [9.17, 15) is 4.79 Å². The number of hydrogen-bond acceptors (Lipinski definition) is 4. The van der Waals surface area contributed by atoms with Gasteiger partial charge in [-0.3, -0.25) is 9.48 Å². The summed E-state index contributed by atoms with van der Waals surface area (Å²) in [5, 5.41) is 8.48. The number of aryl methyl sites for hydroxylation is 3. The Morgan fingerprint density at radius 3 is 2.50 bits per heavy atom. The van der Waals surface area contributed by atoms with Crippen LogP contribution in [0.5, 0.6) is 5.88 Å². The lowest BCUT2D eigenvalue weighted by Crippen LogP contribution is -2.37. The predicted molar refractivity (Wildman–Crippen MR) is 127 cm³/mol. The van der Waals surface area contributed by atoms with Crippen molar-refractivity contribution >= 4 is 16.9 Å². The fraction of sp³-hybridized carbons (Fsp3) is 0.269. The van der Waals surface area contributed by atoms with E-state index in [2.05, 4.69) is 27.5 Å². The summed E-state index contributed by atoms with van der Waals surface area (Å²) in [6, 6.07) is 22.2. The Hall–Kier alpha value is -3.67. The molecule has 0 aliphatic carbocycles. The topological polar surface area (TPSA) is 69.0 Å². The molecule has 164 valence electrons. The molecule has 1 amide bonds. The molecule has 2 aromatic carbocycles. The molecular formula is C26H28N4O2. The second-order valence-corrected chi connectivity index (χ2v) is 7.92. The monoisotopic (exact) mass is 428 g/mol. The van der Waals surface area contributed by atoms with E-state index in [1.165, 1.54) is 5.56 Å². The molecule has 0 aliphatic rings. The first kappa shape index (κ1) is 21.6. The number of aromatic nitrogens is 3. The Labute approximate surface area is 188 Å². The second kappa shape index (κ2) is 9.64. The lowest BCUT2D eigenvalue weighted by Gasteiger charge is -2.15. The van der Waals surface area contributed by atoms with Gasteiger partial charge in [0.05, 0.1) is 11.1 Å². The number of ether oxygens (including phenoxy) is 1. The van der Waals surface area contributed by atoms with Crippen LogP contribution in [-0.4, -0.2) is 33.3 Å². The second-order valence-electron chi connectivity index (χ2n) is 7.92. The highest BCUT2D eigenvalue weighted by atomic mass is 16.5. The molecule has 2 aromatic heterocycles. The van der Waals surface area contributed by atoms with E-state index in [4.69, 9.17) is 4.74 Å². The smallest absolute Gasteiger partial charge is 0.260 e. The molecule has 0 saturated carbocycles. The van der Waals surface area contributed by atoms with Crippen LogP contribution in [0, 0.1) is 6.92 Å². The number of carbonyl (C=O) groups is 1. The molecule has 2 heterocycles. The number of pyridine rings is 1. The SMILES string of the molecule is Cc1nn(C)c2nc(OC(C)C(=O)NCCCc3ccccc3)cc(-c3ccccc3)c12. The first-order valence-corrected chi connectivity index (χ1v) is 10.9. The number of nitrogens with one attached hydrogen (secondary N) is 1. The normalized spacial score (nSPS) is 12.0. The number of nitrogens with zero attached hydrogens (tertiary/aromatic N) is 3. The predicted octanol–water partition coefficient (Wildman–Crippen LogP) is 4.46. The quantitative estimate of drug-likeness (QED) is 0.421. The summed E-state index contributed by atoms with van der Waals surface area (Å²) in [5.41, 5.74) is 4.95. The molecule has 1 atom stereocenters. The first-order chi connectivity index (χ1) is 15.5. The molecule has 32 heavy (non-hydrogen) atoms. The number of fused-ring (bicyclic) bond motifs is 1. The van der Waals surface area contributed by atoms with Gasteiger partial charge in [0.25, 0.3) is 5.91 Å². The van der Waals surface area contributed by atoms with Crippen LogP contribution in [0.15, 0.2) is 66.7 Å². The number of carbonyl (C=O) groups excluding carboxylic acids is 1. The molecule has 4 rings (SSSR count). The van der Waals surface area contributed by atoms with Gasteiger partial charge in [-0.1, -0.05) is 60.7 Å². The van der Waals surface area contributed by atoms with Crippen molar-refractivity contribution in [3.63, 3.8) is 0 Å². The molecular weight excluding hydrogens is 400 g/mol. The molecule has 4 aromatic rings. The van der Waals surface area contributed by atoms with Crippen molar-refractivity contribution in [1.29, 1.82) is 0 Å². The van der Waals surface area contributed by atoms with E-state index >= 15 is 0 Å². The summed E-state index contributed by atoms with van der Waals surface area (Å²) in [4.78, 5) is 17.2. The van der Waals surface area contributed by atoms with Gasteiger partial charge >= 0.3 is 0 Å². The van der Waals surface area contributed by atoms with E-state index in [-0.39, 0.29) is 5.91 Å². The van der Waals surface area contributed by atoms with Crippen LogP contribution in [-0.2, 0) is 18.3 Å². The minimum absolute atomic E-state index is 0.151. The molecule has 6 nitrogen and oxygen atoms in total. The largest absolute Gasteiger partial charge is 0.464 e. The average Bonchev–Trinajstić information content (AvgIpc) is 3.10. The minimum Gasteiger partial charge on any atom is -0.464 e. The Bertz CT molecular complexity index is 1200. The fourth-order valence-electron chi connectivity index (χ4n) is 3.85. The van der Waals surface area contributed by atoms with E-state index in [0.717, 1.165) is 40.7 Å². The summed E-state index contributed by atoms with van der Waals surface area (Å²) in [7, 11) is 1.86. The van der Waals surface area contributed by atoms with E-state index in [1.807, 2.05) is 68.6 Å². The third kappa shape index (κ3) is 4.80. The minimum atomic E-state index is -0.658. The van der Waals surface area contributed by atoms with Crippen molar-refractivity contribution in [3.05, 3.63) is 78.0 Å². The van der Waals surface area contributed by atoms with Crippen molar-refractivity contribution in [3.8, 4) is 17.0 Å². The van der Waals surface area contributed by atoms with Gasteiger partial charge in [0.15, 0.2) is 11.8 Å². The van der Waals surface area contributed by atoms with Crippen LogP contribution in [0.1, 0.15) is 24.6 Å². The van der Waals surface area contributed by atoms with Crippen molar-refractivity contribution < 1.29 is 9.53 Å². The molecule has 0 aliphatic heterocycles. The highest BCUT2D eigenvalue weighted by Gasteiger charge is 2.19. The van der Waals surface area contributed by atoms with Crippen LogP contribution >= 0.6 is 0 Å². The highest BCUT2D eigenvalue weighted by Crippen LogP contribution is 2.33. The maximum atomic E-state index is 12.6. The standard InChI is InChI=1S/C26H28N4O2/c1-18-24-22(21-14-8-5-9-15-21)17-23(28-25(24)30(3)29-18)32-19(2)26(31)27-16-10-13-20-11-6-4-7-12-20/h4-9,11-12,14-15,17,19H,10,13,16H2,1-3H3,(H,27,31). The van der Waals surface area contributed by atoms with Gasteiger partial charge in [-0.2, -0.15) is 10.1 Å². The van der Waals surface area contributed by atoms with Crippen molar-refractivity contribution in [1.82, 2.24) is 20.1 Å². The van der Waals surface area contributed by atoms with Crippen LogP contribution < -0.4 is 10.1 Å². The lowest BCUT2D eigenvalue weighted by atomic mass is 10.0. The number of hydrogen-bond donors (Lipinski definition) is 1. The Kier molecular flexibility index (Phi) is 6.50. The zero-order chi connectivity index (χ0) is 22.5. The molecule has 0 spiro atoms. The van der Waals surface area contributed by atoms with Crippen LogP contribution in [0.4, 0.5) is 0 Å². The van der Waals surface area contributed by atoms with Crippen molar-refractivity contribution in [2.24, 2.45) is 7.05 Å². The first-order valence-electron chi connectivity index (χ1n) is 10.9. The van der Waals surface area contributed by atoms with E-state index in [1.54, 1.807) is 11.6 Å². The Morgan fingerprint density at radius 2 is 1.78 bits per heavy atom. The molecule has 0 fully saturated rings. The summed E-state index contributed by atoms with van der Waals surface area (Å²) in [6.07, 6.45) is 1.14. The molecule has 1 unspecified atom stereocenters. The van der Waals surface area contributed by atoms with Gasteiger partial charge in [-0.05, 0) is 43.4 Å². The van der Waals surface area contributed by atoms with Gasteiger partial charge < -0.3 is 10.1 Å². The third-order valence-electron chi connectivity index (χ3n) is 5.48. The van der Waals surface area contributed by atoms with Crippen LogP contribution in [0.3, 0.4) is 0 Å². The number of amides is 1. The molecule has 0 bridgehead atoms. The Balaban J connectivity index is 1.46. The Morgan fingerprint density at radius 1 is 1.09 bits per heavy atom. The van der Waals surface area contributed by atoms with Crippen LogP contribution in [0.25, 0.3) is 22.2 Å².